The summed E-state index contributed by atoms with van der Waals surface area (Å²) >= 11 is 6.01. The Bertz CT molecular complexity index is 837. The summed E-state index contributed by atoms with van der Waals surface area (Å²) in [4.78, 5) is 22.8. The molecule has 1 N–H and O–H groups in total. The Hall–Kier alpha value is -1.88. The molecule has 0 atom stereocenters. The number of carbonyl (C=O) groups is 1. The molecule has 1 aromatic carbocycles. The number of hydrogen-bond donors (Lipinski definition) is 1. The lowest BCUT2D eigenvalue weighted by atomic mass is 9.97. The molecule has 2 heterocycles. The summed E-state index contributed by atoms with van der Waals surface area (Å²) in [5, 5.41) is 7.90. The number of methoxy groups -OCH3 is 1. The highest BCUT2D eigenvalue weighted by atomic mass is 127. The molecule has 0 bridgehead atoms. The summed E-state index contributed by atoms with van der Waals surface area (Å²) in [6, 6.07) is 7.30. The van der Waals surface area contributed by atoms with E-state index >= 15 is 0 Å². The van der Waals surface area contributed by atoms with Crippen molar-refractivity contribution in [2.75, 3.05) is 26.7 Å². The zero-order valence-electron chi connectivity index (χ0n) is 16.4. The van der Waals surface area contributed by atoms with Gasteiger partial charge in [0, 0.05) is 30.2 Å². The van der Waals surface area contributed by atoms with Crippen molar-refractivity contribution in [2.24, 2.45) is 10.9 Å². The lowest BCUT2D eigenvalue weighted by molar-refractivity contribution is -0.146. The molecule has 0 amide bonds. The summed E-state index contributed by atoms with van der Waals surface area (Å²) < 4.78 is 10.2. The van der Waals surface area contributed by atoms with E-state index in [2.05, 4.69) is 25.3 Å². The topological polar surface area (TPSA) is 92.9 Å². The Morgan fingerprint density at radius 3 is 2.83 bits per heavy atom. The smallest absolute Gasteiger partial charge is 0.308 e. The second kappa shape index (κ2) is 11.3. The van der Waals surface area contributed by atoms with Gasteiger partial charge in [0.05, 0.1) is 13.0 Å². The highest BCUT2D eigenvalue weighted by Gasteiger charge is 2.27. The summed E-state index contributed by atoms with van der Waals surface area (Å²) in [6.45, 7) is 4.51. The van der Waals surface area contributed by atoms with E-state index in [1.807, 2.05) is 19.1 Å². The van der Waals surface area contributed by atoms with Gasteiger partial charge in [0.1, 0.15) is 6.54 Å². The van der Waals surface area contributed by atoms with E-state index in [4.69, 9.17) is 20.9 Å². The largest absolute Gasteiger partial charge is 0.469 e. The van der Waals surface area contributed by atoms with Gasteiger partial charge in [0.25, 0.3) is 0 Å². The van der Waals surface area contributed by atoms with E-state index < -0.39 is 0 Å². The van der Waals surface area contributed by atoms with E-state index in [-0.39, 0.29) is 42.4 Å². The van der Waals surface area contributed by atoms with Gasteiger partial charge >= 0.3 is 5.97 Å². The third-order valence-corrected chi connectivity index (χ3v) is 4.81. The predicted molar refractivity (Wildman–Crippen MR) is 121 cm³/mol. The molecule has 29 heavy (non-hydrogen) atoms. The average molecular weight is 534 g/mol. The Morgan fingerprint density at radius 2 is 2.17 bits per heavy atom. The van der Waals surface area contributed by atoms with Crippen LogP contribution in [0.15, 0.2) is 33.8 Å². The second-order valence-corrected chi connectivity index (χ2v) is 6.91. The molecule has 0 saturated carbocycles. The minimum Gasteiger partial charge on any atom is -0.469 e. The van der Waals surface area contributed by atoms with Crippen molar-refractivity contribution in [3.05, 3.63) is 35.2 Å². The maximum atomic E-state index is 11.7. The number of ether oxygens (including phenoxy) is 1. The van der Waals surface area contributed by atoms with Crippen LogP contribution in [0.25, 0.3) is 11.4 Å². The fourth-order valence-corrected chi connectivity index (χ4v) is 3.32. The molecule has 3 rings (SSSR count). The Balaban J connectivity index is 0.00000300. The third kappa shape index (κ3) is 6.30. The molecular weight excluding hydrogens is 509 g/mol. The molecule has 1 fully saturated rings. The SMILES string of the molecule is CCNC(=NCc1nc(-c2cccc(Cl)c2)no1)N1CCC(C(=O)OC)CC1.I. The Morgan fingerprint density at radius 1 is 1.41 bits per heavy atom. The number of carbonyl (C=O) groups excluding carboxylic acids is 1. The minimum atomic E-state index is -0.138. The fraction of sp³-hybridized carbons (Fsp3) is 0.474. The van der Waals surface area contributed by atoms with Crippen molar-refractivity contribution in [3.63, 3.8) is 0 Å². The van der Waals surface area contributed by atoms with Gasteiger partial charge in [-0.3, -0.25) is 4.79 Å². The van der Waals surface area contributed by atoms with Gasteiger partial charge in [0.2, 0.25) is 11.7 Å². The van der Waals surface area contributed by atoms with Crippen LogP contribution in [0, 0.1) is 5.92 Å². The van der Waals surface area contributed by atoms with E-state index in [9.17, 15) is 4.79 Å². The van der Waals surface area contributed by atoms with Crippen molar-refractivity contribution in [3.8, 4) is 11.4 Å². The van der Waals surface area contributed by atoms with Crippen LogP contribution in [0.4, 0.5) is 0 Å². The number of aliphatic imine (C=N–C) groups is 1. The van der Waals surface area contributed by atoms with Crippen molar-refractivity contribution >= 4 is 47.5 Å². The van der Waals surface area contributed by atoms with E-state index in [0.29, 0.717) is 16.7 Å². The molecule has 0 spiro atoms. The molecule has 8 nitrogen and oxygen atoms in total. The van der Waals surface area contributed by atoms with Gasteiger partial charge in [-0.05, 0) is 31.9 Å². The summed E-state index contributed by atoms with van der Waals surface area (Å²) in [5.74, 6) is 1.50. The number of halogens is 2. The zero-order valence-corrected chi connectivity index (χ0v) is 19.5. The molecule has 1 aliphatic rings. The number of nitrogens with zero attached hydrogens (tertiary/aromatic N) is 4. The van der Waals surface area contributed by atoms with E-state index in [1.165, 1.54) is 7.11 Å². The molecular formula is C19H25ClIN5O3. The van der Waals surface area contributed by atoms with Crippen LogP contribution < -0.4 is 5.32 Å². The number of rotatable bonds is 5. The van der Waals surface area contributed by atoms with Crippen molar-refractivity contribution in [1.82, 2.24) is 20.4 Å². The van der Waals surface area contributed by atoms with Crippen LogP contribution in [-0.2, 0) is 16.1 Å². The molecule has 1 aromatic heterocycles. The van der Waals surface area contributed by atoms with Crippen molar-refractivity contribution in [1.29, 1.82) is 0 Å². The number of guanidine groups is 1. The first-order valence-electron chi connectivity index (χ1n) is 9.30. The zero-order chi connectivity index (χ0) is 19.9. The van der Waals surface area contributed by atoms with Crippen LogP contribution in [0.1, 0.15) is 25.7 Å². The van der Waals surface area contributed by atoms with Gasteiger partial charge in [0.15, 0.2) is 5.96 Å². The van der Waals surface area contributed by atoms with E-state index in [1.54, 1.807) is 12.1 Å². The molecule has 158 valence electrons. The maximum Gasteiger partial charge on any atom is 0.308 e. The van der Waals surface area contributed by atoms with Gasteiger partial charge in [-0.1, -0.05) is 28.9 Å². The molecule has 2 aromatic rings. The Kier molecular flexibility index (Phi) is 9.15. The van der Waals surface area contributed by atoms with Gasteiger partial charge in [-0.2, -0.15) is 4.98 Å². The highest BCUT2D eigenvalue weighted by Crippen LogP contribution is 2.21. The van der Waals surface area contributed by atoms with Crippen molar-refractivity contribution < 1.29 is 14.1 Å². The third-order valence-electron chi connectivity index (χ3n) is 4.58. The van der Waals surface area contributed by atoms with Gasteiger partial charge in [-0.15, -0.1) is 24.0 Å². The number of aromatic nitrogens is 2. The average Bonchev–Trinajstić information content (AvgIpc) is 3.20. The highest BCUT2D eigenvalue weighted by molar-refractivity contribution is 14.0. The lowest BCUT2D eigenvalue weighted by Gasteiger charge is -2.33. The van der Waals surface area contributed by atoms with Crippen LogP contribution in [0.3, 0.4) is 0 Å². The van der Waals surface area contributed by atoms with Gasteiger partial charge < -0.3 is 19.5 Å². The van der Waals surface area contributed by atoms with Crippen LogP contribution in [-0.4, -0.2) is 53.7 Å². The van der Waals surface area contributed by atoms with Crippen LogP contribution in [0.5, 0.6) is 0 Å². The molecule has 0 unspecified atom stereocenters. The number of hydrogen-bond acceptors (Lipinski definition) is 6. The standard InChI is InChI=1S/C19H24ClN5O3.HI/c1-3-21-19(25-9-7-13(8-10-25)18(26)27-2)22-12-16-23-17(24-28-16)14-5-4-6-15(20)11-14;/h4-6,11,13H,3,7-10,12H2,1-2H3,(H,21,22);1H. The summed E-state index contributed by atoms with van der Waals surface area (Å²) in [6.07, 6.45) is 1.49. The maximum absolute atomic E-state index is 11.7. The number of nitrogens with one attached hydrogen (secondary N) is 1. The number of benzene rings is 1. The van der Waals surface area contributed by atoms with Crippen LogP contribution >= 0.6 is 35.6 Å². The molecule has 1 aliphatic heterocycles. The molecule has 0 radical (unpaired) electrons. The predicted octanol–water partition coefficient (Wildman–Crippen LogP) is 3.36. The summed E-state index contributed by atoms with van der Waals surface area (Å²) in [5.41, 5.74) is 0.795. The quantitative estimate of drug-likeness (QED) is 0.273. The minimum absolute atomic E-state index is 0. The van der Waals surface area contributed by atoms with E-state index in [0.717, 1.165) is 44.0 Å². The summed E-state index contributed by atoms with van der Waals surface area (Å²) in [7, 11) is 1.43. The molecule has 10 heteroatoms. The monoisotopic (exact) mass is 533 g/mol. The number of esters is 1. The first-order chi connectivity index (χ1) is 13.6. The first kappa shape index (κ1) is 23.4. The normalized spacial score (nSPS) is 15.0. The van der Waals surface area contributed by atoms with Crippen LogP contribution in [0.2, 0.25) is 5.02 Å². The first-order valence-corrected chi connectivity index (χ1v) is 9.68. The molecule has 1 saturated heterocycles. The number of piperidine rings is 1. The lowest BCUT2D eigenvalue weighted by Crippen LogP contribution is -2.46. The van der Waals surface area contributed by atoms with Crippen molar-refractivity contribution in [2.45, 2.75) is 26.3 Å². The molecule has 0 aliphatic carbocycles. The number of likely N-dealkylation sites (tertiary alicyclic amines) is 1. The second-order valence-electron chi connectivity index (χ2n) is 6.48. The fourth-order valence-electron chi connectivity index (χ4n) is 3.13. The van der Waals surface area contributed by atoms with Gasteiger partial charge in [-0.25, -0.2) is 4.99 Å². The Labute approximate surface area is 192 Å².